The maximum atomic E-state index is 10.6. The molecule has 1 fully saturated rings. The van der Waals surface area contributed by atoms with Gasteiger partial charge in [0.1, 0.15) is 42.3 Å². The molecule has 0 saturated heterocycles. The Balaban J connectivity index is 0.000000337. The van der Waals surface area contributed by atoms with Crippen LogP contribution in [-0.2, 0) is 46.0 Å². The maximum Gasteiger partial charge on any atom is 0.122 e. The van der Waals surface area contributed by atoms with Crippen LogP contribution in [0, 0.1) is 11.8 Å². The molecule has 0 aliphatic heterocycles. The van der Waals surface area contributed by atoms with E-state index >= 15 is 0 Å². The van der Waals surface area contributed by atoms with Crippen molar-refractivity contribution in [3.63, 3.8) is 0 Å². The van der Waals surface area contributed by atoms with Gasteiger partial charge in [0, 0.05) is 24.0 Å². The molecule has 3 atom stereocenters. The lowest BCUT2D eigenvalue weighted by atomic mass is 9.77. The van der Waals surface area contributed by atoms with Crippen molar-refractivity contribution in [3.05, 3.63) is 168 Å². The van der Waals surface area contributed by atoms with Crippen LogP contribution >= 0.6 is 0 Å². The van der Waals surface area contributed by atoms with E-state index in [0.717, 1.165) is 96.8 Å². The van der Waals surface area contributed by atoms with Crippen LogP contribution in [0.1, 0.15) is 125 Å². The largest absolute Gasteiger partial charge is 0.496 e. The standard InChI is InChI=1S/C37H54O6.C26H34O3/c1-7-10-29-20-31(16-18-35(29)40-6)37(4,5)32-17-19-36(30(21-32)11-8-2)43-26-34(39)25-42-23-28-14-12-27(13-15-28)22-41-24-33(38)9-3;1-7-10-19-16-21(12-14-24(19)28-6)26(4,5)22-13-15-25(20(17-22)11-8-2)29-18-23(27)9-3/h7-8,16-21,27-28,33-34,38-39H,1-2,9-15,22-26H2,3-6H3;7-8,12-17,23,27H,1-2,9-11,18H2,3-6H3. The Hall–Kier alpha value is -5.16. The summed E-state index contributed by atoms with van der Waals surface area (Å²) in [5, 5.41) is 30.1. The summed E-state index contributed by atoms with van der Waals surface area (Å²) in [5.74, 6) is 4.39. The fourth-order valence-corrected chi connectivity index (χ4v) is 9.11. The molecule has 394 valence electrons. The molecule has 1 aliphatic carbocycles. The quantitative estimate of drug-likeness (QED) is 0.0439. The lowest BCUT2D eigenvalue weighted by molar-refractivity contribution is -0.0134. The number of rotatable bonds is 30. The van der Waals surface area contributed by atoms with E-state index in [4.69, 9.17) is 28.4 Å². The van der Waals surface area contributed by atoms with Crippen molar-refractivity contribution >= 4 is 0 Å². The minimum absolute atomic E-state index is 0.171. The van der Waals surface area contributed by atoms with Gasteiger partial charge in [0.05, 0.1) is 39.6 Å². The second-order valence-electron chi connectivity index (χ2n) is 20.3. The first-order chi connectivity index (χ1) is 34.6. The molecule has 0 heterocycles. The molecule has 4 aromatic rings. The van der Waals surface area contributed by atoms with Gasteiger partial charge in [0.2, 0.25) is 0 Å². The number of ether oxygens (including phenoxy) is 6. The summed E-state index contributed by atoms with van der Waals surface area (Å²) in [6.45, 7) is 30.9. The van der Waals surface area contributed by atoms with Crippen LogP contribution in [0.3, 0.4) is 0 Å². The molecule has 0 spiro atoms. The highest BCUT2D eigenvalue weighted by atomic mass is 16.5. The molecular formula is C63H88O9. The van der Waals surface area contributed by atoms with E-state index < -0.39 is 12.2 Å². The average Bonchev–Trinajstić information content (AvgIpc) is 3.38. The first kappa shape index (κ1) is 59.4. The zero-order chi connectivity index (χ0) is 52.7. The van der Waals surface area contributed by atoms with Crippen molar-refractivity contribution in [2.45, 2.75) is 135 Å². The summed E-state index contributed by atoms with van der Waals surface area (Å²) in [6.07, 6.45) is 14.8. The second kappa shape index (κ2) is 30.1. The number of hydrogen-bond acceptors (Lipinski definition) is 9. The van der Waals surface area contributed by atoms with Gasteiger partial charge in [-0.2, -0.15) is 0 Å². The summed E-state index contributed by atoms with van der Waals surface area (Å²) in [5.41, 5.74) is 8.72. The first-order valence-corrected chi connectivity index (χ1v) is 26.1. The Labute approximate surface area is 433 Å². The van der Waals surface area contributed by atoms with Gasteiger partial charge in [0.25, 0.3) is 0 Å². The van der Waals surface area contributed by atoms with E-state index in [0.29, 0.717) is 50.9 Å². The summed E-state index contributed by atoms with van der Waals surface area (Å²) in [4.78, 5) is 0. The summed E-state index contributed by atoms with van der Waals surface area (Å²) in [7, 11) is 3.39. The molecular weight excluding hydrogens is 901 g/mol. The maximum absolute atomic E-state index is 10.6. The molecule has 1 aliphatic rings. The molecule has 0 aromatic heterocycles. The number of methoxy groups -OCH3 is 2. The summed E-state index contributed by atoms with van der Waals surface area (Å²) >= 11 is 0. The van der Waals surface area contributed by atoms with Gasteiger partial charge in [-0.3, -0.25) is 0 Å². The van der Waals surface area contributed by atoms with Crippen molar-refractivity contribution in [1.29, 1.82) is 0 Å². The highest BCUT2D eigenvalue weighted by Crippen LogP contribution is 2.39. The van der Waals surface area contributed by atoms with Crippen LogP contribution in [0.15, 0.2) is 123 Å². The van der Waals surface area contributed by atoms with E-state index in [-0.39, 0.29) is 30.1 Å². The highest BCUT2D eigenvalue weighted by Gasteiger charge is 2.28. The van der Waals surface area contributed by atoms with Gasteiger partial charge >= 0.3 is 0 Å². The molecule has 3 unspecified atom stereocenters. The zero-order valence-electron chi connectivity index (χ0n) is 45.1. The molecule has 0 bridgehead atoms. The van der Waals surface area contributed by atoms with Crippen molar-refractivity contribution in [2.24, 2.45) is 11.8 Å². The van der Waals surface area contributed by atoms with Gasteiger partial charge in [0.15, 0.2) is 0 Å². The van der Waals surface area contributed by atoms with Crippen LogP contribution in [-0.4, -0.2) is 87.5 Å². The SMILES string of the molecule is C=CCc1cc(C(C)(C)c2ccc(OCC(O)CC)c(CC=C)c2)ccc1OC.C=CCc1cc(C(C)(C)c2ccc(OCC(O)COCC3CCC(COCC(O)CC)CC3)c(CC=C)c2)ccc1OC. The lowest BCUT2D eigenvalue weighted by Crippen LogP contribution is -2.27. The van der Waals surface area contributed by atoms with Gasteiger partial charge in [-0.05, 0) is 145 Å². The minimum Gasteiger partial charge on any atom is -0.496 e. The van der Waals surface area contributed by atoms with E-state index in [1.807, 2.05) is 62.4 Å². The summed E-state index contributed by atoms with van der Waals surface area (Å²) in [6, 6.07) is 25.3. The van der Waals surface area contributed by atoms with Crippen molar-refractivity contribution < 1.29 is 43.7 Å². The van der Waals surface area contributed by atoms with Gasteiger partial charge in [-0.15, -0.1) is 26.3 Å². The monoisotopic (exact) mass is 989 g/mol. The van der Waals surface area contributed by atoms with Crippen LogP contribution in [0.5, 0.6) is 23.0 Å². The van der Waals surface area contributed by atoms with Crippen molar-refractivity contribution in [2.75, 3.05) is 53.9 Å². The Bertz CT molecular complexity index is 2290. The average molecular weight is 989 g/mol. The molecule has 9 nitrogen and oxygen atoms in total. The highest BCUT2D eigenvalue weighted by molar-refractivity contribution is 5.50. The molecule has 5 rings (SSSR count). The van der Waals surface area contributed by atoms with Crippen LogP contribution in [0.25, 0.3) is 0 Å². The predicted octanol–water partition coefficient (Wildman–Crippen LogP) is 12.5. The molecule has 4 aromatic carbocycles. The zero-order valence-corrected chi connectivity index (χ0v) is 45.1. The second-order valence-corrected chi connectivity index (χ2v) is 20.3. The van der Waals surface area contributed by atoms with Crippen LogP contribution in [0.2, 0.25) is 0 Å². The molecule has 0 amide bonds. The fraction of sp³-hybridized carbons (Fsp3) is 0.492. The first-order valence-electron chi connectivity index (χ1n) is 26.1. The van der Waals surface area contributed by atoms with Crippen molar-refractivity contribution in [3.8, 4) is 23.0 Å². The third-order valence-corrected chi connectivity index (χ3v) is 14.1. The molecule has 0 radical (unpaired) electrons. The molecule has 72 heavy (non-hydrogen) atoms. The Morgan fingerprint density at radius 2 is 0.764 bits per heavy atom. The lowest BCUT2D eigenvalue weighted by Gasteiger charge is -2.29. The normalized spacial score (nSPS) is 16.0. The van der Waals surface area contributed by atoms with Crippen molar-refractivity contribution in [1.82, 2.24) is 0 Å². The van der Waals surface area contributed by atoms with E-state index in [2.05, 4.69) is 103 Å². The number of hydrogen-bond donors (Lipinski definition) is 3. The van der Waals surface area contributed by atoms with E-state index in [9.17, 15) is 15.3 Å². The smallest absolute Gasteiger partial charge is 0.122 e. The Morgan fingerprint density at radius 3 is 1.08 bits per heavy atom. The number of aliphatic hydroxyl groups excluding tert-OH is 3. The van der Waals surface area contributed by atoms with Gasteiger partial charge < -0.3 is 43.7 Å². The van der Waals surface area contributed by atoms with Crippen LogP contribution < -0.4 is 18.9 Å². The minimum atomic E-state index is -0.704. The molecule has 9 heteroatoms. The third-order valence-electron chi connectivity index (χ3n) is 14.1. The predicted molar refractivity (Wildman–Crippen MR) is 295 cm³/mol. The Kier molecular flexibility index (Phi) is 24.9. The third kappa shape index (κ3) is 17.5. The van der Waals surface area contributed by atoms with Gasteiger partial charge in [-0.25, -0.2) is 0 Å². The topological polar surface area (TPSA) is 116 Å². The number of aliphatic hydroxyl groups is 3. The van der Waals surface area contributed by atoms with E-state index in [1.165, 1.54) is 22.3 Å². The molecule has 3 N–H and O–H groups in total. The number of allylic oxidation sites excluding steroid dienone is 4. The number of benzene rings is 4. The Morgan fingerprint density at radius 1 is 0.472 bits per heavy atom. The molecule has 1 saturated carbocycles. The fourth-order valence-electron chi connectivity index (χ4n) is 9.11. The van der Waals surface area contributed by atoms with Gasteiger partial charge in [-0.1, -0.05) is 114 Å². The van der Waals surface area contributed by atoms with Crippen LogP contribution in [0.4, 0.5) is 0 Å². The summed E-state index contributed by atoms with van der Waals surface area (Å²) < 4.78 is 34.6. The van der Waals surface area contributed by atoms with E-state index in [1.54, 1.807) is 14.2 Å².